The van der Waals surface area contributed by atoms with Crippen molar-refractivity contribution in [2.75, 3.05) is 6.61 Å². The molecule has 0 bridgehead atoms. The van der Waals surface area contributed by atoms with Crippen LogP contribution in [0.5, 0.6) is 5.75 Å². The molecule has 2 aromatic carbocycles. The van der Waals surface area contributed by atoms with Crippen molar-refractivity contribution in [3.63, 3.8) is 0 Å². The molecule has 2 aromatic rings. The lowest BCUT2D eigenvalue weighted by molar-refractivity contribution is -0.149. The third-order valence-electron chi connectivity index (χ3n) is 3.12. The molecule has 0 aliphatic carbocycles. The summed E-state index contributed by atoms with van der Waals surface area (Å²) >= 11 is 0. The van der Waals surface area contributed by atoms with Crippen molar-refractivity contribution in [2.45, 2.75) is 20.0 Å². The summed E-state index contributed by atoms with van der Waals surface area (Å²) in [5.41, 5.74) is 2.34. The zero-order valence-electron chi connectivity index (χ0n) is 13.7. The van der Waals surface area contributed by atoms with Crippen LogP contribution in [0.2, 0.25) is 0 Å². The molecule has 0 spiro atoms. The Morgan fingerprint density at radius 3 is 2.38 bits per heavy atom. The van der Waals surface area contributed by atoms with Crippen molar-refractivity contribution in [3.8, 4) is 11.8 Å². The molecule has 0 amide bonds. The second-order valence-electron chi connectivity index (χ2n) is 5.43. The summed E-state index contributed by atoms with van der Waals surface area (Å²) in [4.78, 5) is 11.4. The molecule has 0 atom stereocenters. The summed E-state index contributed by atoms with van der Waals surface area (Å²) < 4.78 is 10.4. The van der Waals surface area contributed by atoms with Crippen molar-refractivity contribution in [2.24, 2.45) is 0 Å². The Hall–Kier alpha value is -3.06. The molecule has 0 saturated heterocycles. The monoisotopic (exact) mass is 321 g/mol. The number of rotatable bonds is 6. The van der Waals surface area contributed by atoms with Crippen LogP contribution in [-0.4, -0.2) is 18.7 Å². The van der Waals surface area contributed by atoms with Gasteiger partial charge in [-0.15, -0.1) is 0 Å². The van der Waals surface area contributed by atoms with Gasteiger partial charge in [0.15, 0.2) is 6.61 Å². The van der Waals surface area contributed by atoms with Crippen LogP contribution in [0, 0.1) is 11.3 Å². The normalized spacial score (nSPS) is 11.0. The number of benzene rings is 2. The van der Waals surface area contributed by atoms with Gasteiger partial charge in [-0.05, 0) is 43.2 Å². The van der Waals surface area contributed by atoms with Gasteiger partial charge in [0.1, 0.15) is 5.75 Å². The Bertz CT molecular complexity index is 741. The molecule has 0 unspecified atom stereocenters. The quantitative estimate of drug-likeness (QED) is 0.457. The number of esters is 1. The Morgan fingerprint density at radius 1 is 1.12 bits per heavy atom. The molecule has 2 rings (SSSR count). The minimum atomic E-state index is -0.398. The topological polar surface area (TPSA) is 59.3 Å². The molecule has 0 radical (unpaired) electrons. The van der Waals surface area contributed by atoms with E-state index in [0.29, 0.717) is 11.3 Å². The summed E-state index contributed by atoms with van der Waals surface area (Å²) in [6, 6.07) is 18.9. The molecule has 0 aliphatic rings. The Balaban J connectivity index is 2.03. The highest BCUT2D eigenvalue weighted by molar-refractivity contribution is 5.89. The SMILES string of the molecule is CC(C)OC(=O)COc1ccc(/C=C(\C#N)c2ccccc2)cc1. The van der Waals surface area contributed by atoms with E-state index in [9.17, 15) is 10.1 Å². The van der Waals surface area contributed by atoms with Gasteiger partial charge in [0, 0.05) is 0 Å². The van der Waals surface area contributed by atoms with Gasteiger partial charge in [-0.3, -0.25) is 0 Å². The fourth-order valence-corrected chi connectivity index (χ4v) is 2.06. The maximum atomic E-state index is 11.4. The average Bonchev–Trinajstić information content (AvgIpc) is 2.59. The van der Waals surface area contributed by atoms with Crippen LogP contribution in [0.4, 0.5) is 0 Å². The summed E-state index contributed by atoms with van der Waals surface area (Å²) in [6.07, 6.45) is 1.66. The number of hydrogen-bond acceptors (Lipinski definition) is 4. The van der Waals surface area contributed by atoms with E-state index in [-0.39, 0.29) is 12.7 Å². The van der Waals surface area contributed by atoms with Gasteiger partial charge in [0.25, 0.3) is 0 Å². The van der Waals surface area contributed by atoms with Gasteiger partial charge >= 0.3 is 5.97 Å². The van der Waals surface area contributed by atoms with Gasteiger partial charge in [-0.25, -0.2) is 4.79 Å². The second-order valence-corrected chi connectivity index (χ2v) is 5.43. The second kappa shape index (κ2) is 8.54. The average molecular weight is 321 g/mol. The fourth-order valence-electron chi connectivity index (χ4n) is 2.06. The van der Waals surface area contributed by atoms with Crippen molar-refractivity contribution < 1.29 is 14.3 Å². The maximum absolute atomic E-state index is 11.4. The first-order valence-electron chi connectivity index (χ1n) is 7.68. The van der Waals surface area contributed by atoms with E-state index < -0.39 is 5.97 Å². The molecule has 0 saturated carbocycles. The highest BCUT2D eigenvalue weighted by Crippen LogP contribution is 2.19. The van der Waals surface area contributed by atoms with Gasteiger partial charge in [-0.1, -0.05) is 42.5 Å². The molecular weight excluding hydrogens is 302 g/mol. The van der Waals surface area contributed by atoms with Gasteiger partial charge in [0.2, 0.25) is 0 Å². The number of allylic oxidation sites excluding steroid dienone is 1. The number of ether oxygens (including phenoxy) is 2. The van der Waals surface area contributed by atoms with E-state index in [1.807, 2.05) is 48.5 Å². The highest BCUT2D eigenvalue weighted by atomic mass is 16.6. The summed E-state index contributed by atoms with van der Waals surface area (Å²) in [5, 5.41) is 9.32. The van der Waals surface area contributed by atoms with Crippen LogP contribution >= 0.6 is 0 Å². The molecule has 0 fully saturated rings. The van der Waals surface area contributed by atoms with E-state index in [1.54, 1.807) is 26.0 Å². The smallest absolute Gasteiger partial charge is 0.344 e. The Kier molecular flexibility index (Phi) is 6.16. The fraction of sp³-hybridized carbons (Fsp3) is 0.200. The first kappa shape index (κ1) is 17.3. The number of nitriles is 1. The Labute approximate surface area is 141 Å². The number of carbonyl (C=O) groups excluding carboxylic acids is 1. The summed E-state index contributed by atoms with van der Waals surface area (Å²) in [6.45, 7) is 3.46. The van der Waals surface area contributed by atoms with E-state index in [1.165, 1.54) is 0 Å². The molecule has 0 aliphatic heterocycles. The lowest BCUT2D eigenvalue weighted by atomic mass is 10.0. The van der Waals surface area contributed by atoms with E-state index in [4.69, 9.17) is 9.47 Å². The van der Waals surface area contributed by atoms with Gasteiger partial charge in [0.05, 0.1) is 17.7 Å². The third-order valence-corrected chi connectivity index (χ3v) is 3.12. The van der Waals surface area contributed by atoms with E-state index in [0.717, 1.165) is 11.1 Å². The summed E-state index contributed by atoms with van der Waals surface area (Å²) in [7, 11) is 0. The van der Waals surface area contributed by atoms with Gasteiger partial charge in [-0.2, -0.15) is 5.26 Å². The largest absolute Gasteiger partial charge is 0.482 e. The van der Waals surface area contributed by atoms with Crippen molar-refractivity contribution in [1.82, 2.24) is 0 Å². The van der Waals surface area contributed by atoms with Gasteiger partial charge < -0.3 is 9.47 Å². The number of carbonyl (C=O) groups is 1. The predicted molar refractivity (Wildman–Crippen MR) is 93.1 cm³/mol. The van der Waals surface area contributed by atoms with E-state index >= 15 is 0 Å². The third kappa shape index (κ3) is 5.29. The zero-order valence-corrected chi connectivity index (χ0v) is 13.7. The van der Waals surface area contributed by atoms with Crippen LogP contribution in [0.25, 0.3) is 11.6 Å². The molecule has 4 heteroatoms. The van der Waals surface area contributed by atoms with Crippen molar-refractivity contribution in [3.05, 3.63) is 65.7 Å². The van der Waals surface area contributed by atoms with Crippen LogP contribution in [0.15, 0.2) is 54.6 Å². The first-order chi connectivity index (χ1) is 11.6. The highest BCUT2D eigenvalue weighted by Gasteiger charge is 2.06. The Morgan fingerprint density at radius 2 is 1.79 bits per heavy atom. The minimum absolute atomic E-state index is 0.124. The summed E-state index contributed by atoms with van der Waals surface area (Å²) in [5.74, 6) is 0.177. The minimum Gasteiger partial charge on any atom is -0.482 e. The number of hydrogen-bond donors (Lipinski definition) is 0. The molecule has 0 heterocycles. The molecule has 0 N–H and O–H groups in total. The number of nitrogens with zero attached hydrogens (tertiary/aromatic N) is 1. The molecule has 0 aromatic heterocycles. The lowest BCUT2D eigenvalue weighted by Gasteiger charge is -2.09. The molecule has 122 valence electrons. The predicted octanol–water partition coefficient (Wildman–Crippen LogP) is 4.08. The van der Waals surface area contributed by atoms with Crippen LogP contribution in [0.3, 0.4) is 0 Å². The molecule has 4 nitrogen and oxygen atoms in total. The van der Waals surface area contributed by atoms with Crippen LogP contribution in [0.1, 0.15) is 25.0 Å². The standard InChI is InChI=1S/C20H19NO3/c1-15(2)24-20(22)14-23-19-10-8-16(9-11-19)12-18(13-21)17-6-4-3-5-7-17/h3-12,15H,14H2,1-2H3/b18-12+. The van der Waals surface area contributed by atoms with Crippen molar-refractivity contribution >= 4 is 17.6 Å². The zero-order chi connectivity index (χ0) is 17.4. The lowest BCUT2D eigenvalue weighted by Crippen LogP contribution is -2.18. The maximum Gasteiger partial charge on any atom is 0.344 e. The van der Waals surface area contributed by atoms with E-state index in [2.05, 4.69) is 6.07 Å². The first-order valence-corrected chi connectivity index (χ1v) is 7.68. The molecular formula is C20H19NO3. The van der Waals surface area contributed by atoms with Crippen LogP contribution in [-0.2, 0) is 9.53 Å². The van der Waals surface area contributed by atoms with Crippen molar-refractivity contribution in [1.29, 1.82) is 5.26 Å². The molecule has 24 heavy (non-hydrogen) atoms. The van der Waals surface area contributed by atoms with Crippen LogP contribution < -0.4 is 4.74 Å².